The van der Waals surface area contributed by atoms with Gasteiger partial charge in [0.2, 0.25) is 10.0 Å². The smallest absolute Gasteiger partial charge is 0.274 e. The van der Waals surface area contributed by atoms with Crippen molar-refractivity contribution in [3.05, 3.63) is 59.5 Å². The maximum absolute atomic E-state index is 12.9. The summed E-state index contributed by atoms with van der Waals surface area (Å²) in [7, 11) is -3.27. The molecule has 140 valence electrons. The van der Waals surface area contributed by atoms with Gasteiger partial charge in [0.15, 0.2) is 0 Å². The highest BCUT2D eigenvalue weighted by Crippen LogP contribution is 2.29. The molecule has 0 saturated carbocycles. The van der Waals surface area contributed by atoms with Crippen LogP contribution in [-0.2, 0) is 10.0 Å². The van der Waals surface area contributed by atoms with Crippen molar-refractivity contribution in [1.82, 2.24) is 9.38 Å². The second-order valence-electron chi connectivity index (χ2n) is 6.67. The number of hydrogen-bond acceptors (Lipinski definition) is 4. The van der Waals surface area contributed by atoms with Gasteiger partial charge in [-0.15, -0.1) is 0 Å². The predicted molar refractivity (Wildman–Crippen MR) is 105 cm³/mol. The van der Waals surface area contributed by atoms with Crippen LogP contribution in [0.2, 0.25) is 0 Å². The summed E-state index contributed by atoms with van der Waals surface area (Å²) < 4.78 is 27.5. The molecule has 27 heavy (non-hydrogen) atoms. The van der Waals surface area contributed by atoms with Crippen molar-refractivity contribution >= 4 is 33.0 Å². The molecule has 0 radical (unpaired) electrons. The fourth-order valence-corrected chi connectivity index (χ4v) is 4.95. The average molecular weight is 384 g/mol. The van der Waals surface area contributed by atoms with Crippen LogP contribution in [0.5, 0.6) is 0 Å². The Bertz CT molecular complexity index is 1150. The third-order valence-corrected chi connectivity index (χ3v) is 6.65. The van der Waals surface area contributed by atoms with Crippen LogP contribution in [-0.4, -0.2) is 36.0 Å². The van der Waals surface area contributed by atoms with Crippen LogP contribution in [0.4, 0.5) is 11.4 Å². The topological polar surface area (TPSA) is 83.8 Å². The highest BCUT2D eigenvalue weighted by molar-refractivity contribution is 7.93. The molecule has 1 N–H and O–H groups in total. The van der Waals surface area contributed by atoms with Crippen molar-refractivity contribution < 1.29 is 13.2 Å². The molecule has 1 aromatic carbocycles. The number of amides is 1. The van der Waals surface area contributed by atoms with Crippen molar-refractivity contribution in [3.63, 3.8) is 0 Å². The van der Waals surface area contributed by atoms with Gasteiger partial charge in [-0.05, 0) is 50.1 Å². The van der Waals surface area contributed by atoms with Crippen LogP contribution in [0.25, 0.3) is 5.65 Å². The van der Waals surface area contributed by atoms with Crippen LogP contribution >= 0.6 is 0 Å². The van der Waals surface area contributed by atoms with E-state index in [1.54, 1.807) is 29.7 Å². The van der Waals surface area contributed by atoms with Crippen molar-refractivity contribution in [1.29, 1.82) is 0 Å². The summed E-state index contributed by atoms with van der Waals surface area (Å²) in [4.78, 5) is 17.3. The van der Waals surface area contributed by atoms with Crippen LogP contribution in [0.1, 0.15) is 28.2 Å². The lowest BCUT2D eigenvalue weighted by Crippen LogP contribution is -2.25. The van der Waals surface area contributed by atoms with E-state index >= 15 is 0 Å². The first-order valence-electron chi connectivity index (χ1n) is 8.73. The van der Waals surface area contributed by atoms with Gasteiger partial charge in [0.25, 0.3) is 5.91 Å². The quantitative estimate of drug-likeness (QED) is 0.753. The number of anilines is 2. The van der Waals surface area contributed by atoms with Crippen molar-refractivity contribution in [2.24, 2.45) is 0 Å². The first-order valence-corrected chi connectivity index (χ1v) is 10.3. The maximum Gasteiger partial charge on any atom is 0.274 e. The Morgan fingerprint density at radius 2 is 2.00 bits per heavy atom. The molecule has 0 aliphatic carbocycles. The van der Waals surface area contributed by atoms with Crippen LogP contribution in [0.15, 0.2) is 42.6 Å². The van der Waals surface area contributed by atoms with E-state index < -0.39 is 10.0 Å². The minimum Gasteiger partial charge on any atom is -0.320 e. The van der Waals surface area contributed by atoms with E-state index in [-0.39, 0.29) is 11.7 Å². The van der Waals surface area contributed by atoms with Gasteiger partial charge in [0.1, 0.15) is 11.3 Å². The largest absolute Gasteiger partial charge is 0.320 e. The second-order valence-corrected chi connectivity index (χ2v) is 8.68. The lowest BCUT2D eigenvalue weighted by atomic mass is 10.1. The molecule has 1 fully saturated rings. The minimum atomic E-state index is -3.27. The zero-order valence-corrected chi connectivity index (χ0v) is 16.0. The normalized spacial score (nSPS) is 16.0. The van der Waals surface area contributed by atoms with Crippen molar-refractivity contribution in [3.8, 4) is 0 Å². The molecule has 0 unspecified atom stereocenters. The Balaban J connectivity index is 1.69. The van der Waals surface area contributed by atoms with E-state index in [1.807, 2.05) is 31.2 Å². The predicted octanol–water partition coefficient (Wildman–Crippen LogP) is 2.74. The molecule has 1 amide bonds. The number of fused-ring (bicyclic) bond motifs is 1. The molecule has 3 heterocycles. The first-order chi connectivity index (χ1) is 12.9. The second kappa shape index (κ2) is 6.38. The van der Waals surface area contributed by atoms with Crippen molar-refractivity contribution in [2.45, 2.75) is 20.3 Å². The molecule has 8 heteroatoms. The zero-order valence-electron chi connectivity index (χ0n) is 15.1. The maximum atomic E-state index is 12.9. The SMILES string of the molecule is Cc1ccc(N2CCCS2(=O)=O)cc1NC(=O)c1c(C)nc2ccccn12. The van der Waals surface area contributed by atoms with E-state index in [0.717, 1.165) is 5.56 Å². The van der Waals surface area contributed by atoms with Gasteiger partial charge in [0, 0.05) is 18.4 Å². The van der Waals surface area contributed by atoms with Crippen LogP contribution in [0, 0.1) is 13.8 Å². The molecule has 1 aliphatic rings. The zero-order chi connectivity index (χ0) is 19.2. The van der Waals surface area contributed by atoms with Gasteiger partial charge >= 0.3 is 0 Å². The monoisotopic (exact) mass is 384 g/mol. The highest BCUT2D eigenvalue weighted by Gasteiger charge is 2.29. The van der Waals surface area contributed by atoms with Gasteiger partial charge in [-0.1, -0.05) is 12.1 Å². The Morgan fingerprint density at radius 3 is 2.74 bits per heavy atom. The lowest BCUT2D eigenvalue weighted by molar-refractivity contribution is 0.102. The summed E-state index contributed by atoms with van der Waals surface area (Å²) in [6.45, 7) is 4.13. The number of nitrogens with zero attached hydrogens (tertiary/aromatic N) is 3. The molecule has 4 rings (SSSR count). The fraction of sp³-hybridized carbons (Fsp3) is 0.263. The molecule has 0 bridgehead atoms. The Labute approximate surface area is 157 Å². The average Bonchev–Trinajstić information content (AvgIpc) is 3.14. The molecular formula is C19H20N4O3S. The van der Waals surface area contributed by atoms with Crippen LogP contribution < -0.4 is 9.62 Å². The number of carbonyl (C=O) groups is 1. The Morgan fingerprint density at radius 1 is 1.19 bits per heavy atom. The lowest BCUT2D eigenvalue weighted by Gasteiger charge is -2.19. The number of rotatable bonds is 3. The highest BCUT2D eigenvalue weighted by atomic mass is 32.2. The molecule has 7 nitrogen and oxygen atoms in total. The number of benzene rings is 1. The van der Waals surface area contributed by atoms with Gasteiger partial charge in [0.05, 0.1) is 17.1 Å². The third-order valence-electron chi connectivity index (χ3n) is 4.78. The number of nitrogens with one attached hydrogen (secondary N) is 1. The molecule has 3 aromatic rings. The number of hydrogen-bond donors (Lipinski definition) is 1. The minimum absolute atomic E-state index is 0.156. The number of carbonyl (C=O) groups excluding carboxylic acids is 1. The van der Waals surface area contributed by atoms with Crippen LogP contribution in [0.3, 0.4) is 0 Å². The summed E-state index contributed by atoms with van der Waals surface area (Å²) in [5, 5.41) is 2.92. The number of imidazole rings is 1. The number of aryl methyl sites for hydroxylation is 2. The fourth-order valence-electron chi connectivity index (χ4n) is 3.40. The molecule has 0 spiro atoms. The van der Waals surface area contributed by atoms with Gasteiger partial charge < -0.3 is 5.32 Å². The van der Waals surface area contributed by atoms with E-state index in [1.165, 1.54) is 4.31 Å². The molecule has 1 saturated heterocycles. The first kappa shape index (κ1) is 17.5. The van der Waals surface area contributed by atoms with Gasteiger partial charge in [-0.3, -0.25) is 13.5 Å². The molecular weight excluding hydrogens is 364 g/mol. The van der Waals surface area contributed by atoms with Gasteiger partial charge in [-0.2, -0.15) is 0 Å². The Hall–Kier alpha value is -2.87. The summed E-state index contributed by atoms with van der Waals surface area (Å²) in [5.74, 6) is -0.125. The van der Waals surface area contributed by atoms with E-state index in [0.29, 0.717) is 41.4 Å². The molecule has 1 aliphatic heterocycles. The third kappa shape index (κ3) is 3.06. The van der Waals surface area contributed by atoms with E-state index in [2.05, 4.69) is 10.3 Å². The van der Waals surface area contributed by atoms with Gasteiger partial charge in [-0.25, -0.2) is 13.4 Å². The summed E-state index contributed by atoms with van der Waals surface area (Å²) in [6, 6.07) is 10.9. The summed E-state index contributed by atoms with van der Waals surface area (Å²) in [5.41, 5.74) is 3.82. The van der Waals surface area contributed by atoms with Crippen molar-refractivity contribution in [2.75, 3.05) is 21.9 Å². The number of sulfonamides is 1. The number of pyridine rings is 1. The Kier molecular flexibility index (Phi) is 4.15. The standard InChI is InChI=1S/C19H20N4O3S/c1-13-7-8-15(23-10-5-11-27(23,25)26)12-16(13)21-19(24)18-14(2)20-17-6-3-4-9-22(17)18/h3-4,6-9,12H,5,10-11H2,1-2H3,(H,21,24). The molecule has 2 aromatic heterocycles. The summed E-state index contributed by atoms with van der Waals surface area (Å²) >= 11 is 0. The molecule has 0 atom stereocenters. The van der Waals surface area contributed by atoms with E-state index in [9.17, 15) is 13.2 Å². The summed E-state index contributed by atoms with van der Waals surface area (Å²) in [6.07, 6.45) is 2.41. The number of aromatic nitrogens is 2. The van der Waals surface area contributed by atoms with E-state index in [4.69, 9.17) is 0 Å².